The van der Waals surface area contributed by atoms with Crippen molar-refractivity contribution in [3.63, 3.8) is 0 Å². The van der Waals surface area contributed by atoms with E-state index in [4.69, 9.17) is 0 Å². The molecule has 1 fully saturated rings. The summed E-state index contributed by atoms with van der Waals surface area (Å²) < 4.78 is 0. The molecule has 1 aromatic rings. The number of aryl methyl sites for hydroxylation is 1. The van der Waals surface area contributed by atoms with Gasteiger partial charge in [0.15, 0.2) is 5.17 Å². The zero-order valence-corrected chi connectivity index (χ0v) is 10.9. The maximum absolute atomic E-state index is 4.55. The van der Waals surface area contributed by atoms with Crippen molar-refractivity contribution in [3.8, 4) is 0 Å². The largest absolute Gasteiger partial charge is 0.358 e. The van der Waals surface area contributed by atoms with Gasteiger partial charge in [-0.1, -0.05) is 11.8 Å². The topological polar surface area (TPSA) is 37.3 Å². The molecule has 2 heterocycles. The molecule has 1 atom stereocenters. The van der Waals surface area contributed by atoms with Gasteiger partial charge in [0.25, 0.3) is 0 Å². The number of thioether (sulfide) groups is 1. The third-order valence-corrected chi connectivity index (χ3v) is 5.13. The van der Waals surface area contributed by atoms with Crippen LogP contribution in [0.25, 0.3) is 0 Å². The molecule has 3 rings (SSSR count). The van der Waals surface area contributed by atoms with E-state index in [0.717, 1.165) is 34.4 Å². The zero-order valence-electron chi connectivity index (χ0n) is 9.27. The number of aromatic nitrogens is 1. The van der Waals surface area contributed by atoms with E-state index in [9.17, 15) is 0 Å². The Bertz CT molecular complexity index is 409. The van der Waals surface area contributed by atoms with Crippen molar-refractivity contribution >= 4 is 28.3 Å². The summed E-state index contributed by atoms with van der Waals surface area (Å²) in [6.45, 7) is 3.92. The number of aliphatic imine (C=N–C) groups is 1. The first-order valence-corrected chi connectivity index (χ1v) is 7.37. The fraction of sp³-hybridized carbons (Fsp3) is 0.636. The molecule has 0 saturated heterocycles. The van der Waals surface area contributed by atoms with Crippen molar-refractivity contribution in [3.05, 3.63) is 16.1 Å². The molecule has 16 heavy (non-hydrogen) atoms. The van der Waals surface area contributed by atoms with Crippen LogP contribution in [0.4, 0.5) is 0 Å². The first kappa shape index (κ1) is 10.6. The molecule has 0 spiro atoms. The Labute approximate surface area is 104 Å². The first-order chi connectivity index (χ1) is 7.81. The monoisotopic (exact) mass is 253 g/mol. The second kappa shape index (κ2) is 4.37. The van der Waals surface area contributed by atoms with Crippen LogP contribution in [0.3, 0.4) is 0 Å². The lowest BCUT2D eigenvalue weighted by molar-refractivity contribution is 0.772. The van der Waals surface area contributed by atoms with Gasteiger partial charge in [-0.15, -0.1) is 11.3 Å². The number of hydrogen-bond donors (Lipinski definition) is 1. The van der Waals surface area contributed by atoms with Crippen LogP contribution in [0.1, 0.15) is 22.7 Å². The Morgan fingerprint density at radius 1 is 1.50 bits per heavy atom. The van der Waals surface area contributed by atoms with E-state index < -0.39 is 0 Å². The molecule has 1 aromatic heterocycles. The van der Waals surface area contributed by atoms with E-state index >= 15 is 0 Å². The van der Waals surface area contributed by atoms with Gasteiger partial charge < -0.3 is 5.32 Å². The van der Waals surface area contributed by atoms with Gasteiger partial charge in [0, 0.05) is 16.3 Å². The normalized spacial score (nSPS) is 24.6. The number of amidine groups is 1. The highest BCUT2D eigenvalue weighted by Crippen LogP contribution is 2.41. The minimum absolute atomic E-state index is 0.750. The molecule has 86 valence electrons. The maximum Gasteiger partial charge on any atom is 0.157 e. The van der Waals surface area contributed by atoms with Gasteiger partial charge in [-0.2, -0.15) is 0 Å². The van der Waals surface area contributed by atoms with Crippen LogP contribution in [0.2, 0.25) is 0 Å². The smallest absolute Gasteiger partial charge is 0.157 e. The van der Waals surface area contributed by atoms with Crippen LogP contribution in [0.15, 0.2) is 11.2 Å². The average molecular weight is 253 g/mol. The van der Waals surface area contributed by atoms with Gasteiger partial charge >= 0.3 is 0 Å². The maximum atomic E-state index is 4.55. The molecular formula is C11H15N3S2. The quantitative estimate of drug-likeness (QED) is 0.899. The predicted molar refractivity (Wildman–Crippen MR) is 70.1 cm³/mol. The van der Waals surface area contributed by atoms with Gasteiger partial charge in [-0.05, 0) is 25.7 Å². The third-order valence-electron chi connectivity index (χ3n) is 2.89. The van der Waals surface area contributed by atoms with Crippen LogP contribution in [0, 0.1) is 12.8 Å². The van der Waals surface area contributed by atoms with Crippen molar-refractivity contribution in [2.24, 2.45) is 10.9 Å². The van der Waals surface area contributed by atoms with Crippen LogP contribution in [-0.2, 0) is 6.54 Å². The lowest BCUT2D eigenvalue weighted by Crippen LogP contribution is -2.19. The predicted octanol–water partition coefficient (Wildman–Crippen LogP) is 2.42. The van der Waals surface area contributed by atoms with Gasteiger partial charge in [0.2, 0.25) is 0 Å². The van der Waals surface area contributed by atoms with E-state index in [2.05, 4.69) is 22.2 Å². The van der Waals surface area contributed by atoms with E-state index in [0.29, 0.717) is 0 Å². The molecule has 5 heteroatoms. The van der Waals surface area contributed by atoms with Crippen LogP contribution < -0.4 is 5.32 Å². The van der Waals surface area contributed by atoms with E-state index in [-0.39, 0.29) is 0 Å². The number of thiazole rings is 1. The molecule has 0 aromatic carbocycles. The summed E-state index contributed by atoms with van der Waals surface area (Å²) in [6.07, 6.45) is 4.75. The van der Waals surface area contributed by atoms with Crippen LogP contribution in [0.5, 0.6) is 0 Å². The Hall–Kier alpha value is -0.550. The molecular weight excluding hydrogens is 238 g/mol. The average Bonchev–Trinajstić information content (AvgIpc) is 2.87. The minimum atomic E-state index is 0.750. The molecule has 1 aliphatic carbocycles. The van der Waals surface area contributed by atoms with E-state index in [1.54, 1.807) is 11.3 Å². The van der Waals surface area contributed by atoms with Crippen molar-refractivity contribution in [1.82, 2.24) is 10.3 Å². The standard InChI is InChI=1S/C11H15N3S2/c1-7-4-12-10(15-7)6-14-11-13-5-9(16-11)8-2-3-8/h4,8-9H,2-3,5-6H2,1H3,(H,13,14). The Morgan fingerprint density at radius 3 is 3.06 bits per heavy atom. The summed E-state index contributed by atoms with van der Waals surface area (Å²) in [5, 5.41) is 6.40. The molecule has 1 N–H and O–H groups in total. The van der Waals surface area contributed by atoms with Crippen molar-refractivity contribution in [1.29, 1.82) is 0 Å². The highest BCUT2D eigenvalue weighted by molar-refractivity contribution is 8.14. The third kappa shape index (κ3) is 2.40. The minimum Gasteiger partial charge on any atom is -0.358 e. The van der Waals surface area contributed by atoms with Crippen LogP contribution in [-0.4, -0.2) is 21.9 Å². The molecule has 0 amide bonds. The summed E-state index contributed by atoms with van der Waals surface area (Å²) in [6, 6.07) is 0. The van der Waals surface area contributed by atoms with Gasteiger partial charge in [-0.3, -0.25) is 4.99 Å². The second-order valence-electron chi connectivity index (χ2n) is 4.36. The Morgan fingerprint density at radius 2 is 2.38 bits per heavy atom. The number of nitrogens with zero attached hydrogens (tertiary/aromatic N) is 2. The SMILES string of the molecule is Cc1cnc(CNC2=NCC(C3CC3)S2)s1. The van der Waals surface area contributed by atoms with Crippen molar-refractivity contribution < 1.29 is 0 Å². The summed E-state index contributed by atoms with van der Waals surface area (Å²) in [5.41, 5.74) is 0. The summed E-state index contributed by atoms with van der Waals surface area (Å²) in [7, 11) is 0. The van der Waals surface area contributed by atoms with Crippen LogP contribution >= 0.6 is 23.1 Å². The lowest BCUT2D eigenvalue weighted by atomic mass is 10.3. The Balaban J connectivity index is 1.49. The van der Waals surface area contributed by atoms with Gasteiger partial charge in [0.1, 0.15) is 5.01 Å². The van der Waals surface area contributed by atoms with Crippen molar-refractivity contribution in [2.45, 2.75) is 31.6 Å². The number of rotatable bonds is 3. The zero-order chi connectivity index (χ0) is 11.0. The number of nitrogens with one attached hydrogen (secondary N) is 1. The fourth-order valence-electron chi connectivity index (χ4n) is 1.84. The molecule has 0 radical (unpaired) electrons. The van der Waals surface area contributed by atoms with Gasteiger partial charge in [0.05, 0.1) is 13.1 Å². The molecule has 3 nitrogen and oxygen atoms in total. The fourth-order valence-corrected chi connectivity index (χ4v) is 3.77. The summed E-state index contributed by atoms with van der Waals surface area (Å²) >= 11 is 3.68. The summed E-state index contributed by atoms with van der Waals surface area (Å²) in [5.74, 6) is 0.940. The summed E-state index contributed by atoms with van der Waals surface area (Å²) in [4.78, 5) is 10.2. The first-order valence-electron chi connectivity index (χ1n) is 5.67. The molecule has 0 bridgehead atoms. The van der Waals surface area contributed by atoms with Crippen molar-refractivity contribution in [2.75, 3.05) is 6.54 Å². The molecule has 1 unspecified atom stereocenters. The molecule has 2 aliphatic rings. The van der Waals surface area contributed by atoms with E-state index in [1.807, 2.05) is 18.0 Å². The number of hydrogen-bond acceptors (Lipinski definition) is 5. The lowest BCUT2D eigenvalue weighted by Gasteiger charge is -2.06. The molecule has 1 saturated carbocycles. The second-order valence-corrected chi connectivity index (χ2v) is 6.91. The van der Waals surface area contributed by atoms with E-state index in [1.165, 1.54) is 17.7 Å². The molecule has 1 aliphatic heterocycles. The highest BCUT2D eigenvalue weighted by Gasteiger charge is 2.35. The Kier molecular flexibility index (Phi) is 2.90. The highest BCUT2D eigenvalue weighted by atomic mass is 32.2. The van der Waals surface area contributed by atoms with Gasteiger partial charge in [-0.25, -0.2) is 4.98 Å².